The number of aromatic carboxylic acids is 1. The Hall–Kier alpha value is -1.94. The molecule has 0 bridgehead atoms. The first-order valence-electron chi connectivity index (χ1n) is 6.88. The summed E-state index contributed by atoms with van der Waals surface area (Å²) in [5.74, 6) is -0.897. The molecule has 110 valence electrons. The van der Waals surface area contributed by atoms with Crippen LogP contribution in [0.1, 0.15) is 28.4 Å². The first kappa shape index (κ1) is 15.4. The number of nitrogens with one attached hydrogen (secondary N) is 1. The number of aryl methyl sites for hydroxylation is 1. The van der Waals surface area contributed by atoms with E-state index < -0.39 is 5.97 Å². The zero-order valence-corrected chi connectivity index (χ0v) is 13.0. The Morgan fingerprint density at radius 2 is 1.86 bits per heavy atom. The van der Waals surface area contributed by atoms with Crippen LogP contribution in [0.4, 0.5) is 5.69 Å². The molecule has 0 aliphatic carbocycles. The van der Waals surface area contributed by atoms with E-state index in [0.717, 1.165) is 11.3 Å². The van der Waals surface area contributed by atoms with Crippen LogP contribution >= 0.6 is 11.8 Å². The Morgan fingerprint density at radius 1 is 1.14 bits per heavy atom. The largest absolute Gasteiger partial charge is 0.478 e. The number of carbonyl (C=O) groups is 1. The lowest BCUT2D eigenvalue weighted by atomic mass is 10.1. The summed E-state index contributed by atoms with van der Waals surface area (Å²) >= 11 is 1.45. The fourth-order valence-corrected chi connectivity index (χ4v) is 2.95. The van der Waals surface area contributed by atoms with Crippen molar-refractivity contribution in [2.45, 2.75) is 24.8 Å². The molecule has 0 amide bonds. The molecule has 0 unspecified atom stereocenters. The molecule has 0 aromatic heterocycles. The van der Waals surface area contributed by atoms with E-state index in [4.69, 9.17) is 0 Å². The second kappa shape index (κ2) is 7.18. The quantitative estimate of drug-likeness (QED) is 0.782. The average molecular weight is 301 g/mol. The maximum Gasteiger partial charge on any atom is 0.338 e. The molecule has 0 fully saturated rings. The van der Waals surface area contributed by atoms with Gasteiger partial charge >= 0.3 is 5.97 Å². The molecule has 2 N–H and O–H groups in total. The van der Waals surface area contributed by atoms with Crippen LogP contribution in [0.25, 0.3) is 0 Å². The Kier molecular flexibility index (Phi) is 5.28. The summed E-state index contributed by atoms with van der Waals surface area (Å²) in [6.07, 6.45) is 2.85. The third-order valence-electron chi connectivity index (χ3n) is 3.43. The van der Waals surface area contributed by atoms with E-state index in [0.29, 0.717) is 17.8 Å². The monoisotopic (exact) mass is 301 g/mol. The van der Waals surface area contributed by atoms with E-state index in [2.05, 4.69) is 24.4 Å². The van der Waals surface area contributed by atoms with Crippen molar-refractivity contribution in [2.75, 3.05) is 11.6 Å². The molecular formula is C17H19NO2S. The first-order valence-corrected chi connectivity index (χ1v) is 8.10. The summed E-state index contributed by atoms with van der Waals surface area (Å²) in [5.41, 5.74) is 3.49. The number of carboxylic acids is 1. The van der Waals surface area contributed by atoms with Gasteiger partial charge in [0, 0.05) is 11.4 Å². The highest BCUT2D eigenvalue weighted by molar-refractivity contribution is 7.98. The topological polar surface area (TPSA) is 49.3 Å². The van der Waals surface area contributed by atoms with Gasteiger partial charge in [-0.15, -0.1) is 11.8 Å². The molecule has 0 spiro atoms. The third kappa shape index (κ3) is 3.58. The van der Waals surface area contributed by atoms with Crippen LogP contribution in [0.5, 0.6) is 0 Å². The third-order valence-corrected chi connectivity index (χ3v) is 4.21. The summed E-state index contributed by atoms with van der Waals surface area (Å²) in [4.78, 5) is 12.3. The average Bonchev–Trinajstić information content (AvgIpc) is 2.52. The summed E-state index contributed by atoms with van der Waals surface area (Å²) in [7, 11) is 0. The van der Waals surface area contributed by atoms with Crippen molar-refractivity contribution in [3.63, 3.8) is 0 Å². The van der Waals surface area contributed by atoms with Gasteiger partial charge in [0.15, 0.2) is 0 Å². The number of hydrogen-bond donors (Lipinski definition) is 2. The summed E-state index contributed by atoms with van der Waals surface area (Å²) in [5, 5.41) is 12.7. The predicted octanol–water partition coefficient (Wildman–Crippen LogP) is 4.28. The van der Waals surface area contributed by atoms with Crippen molar-refractivity contribution in [1.29, 1.82) is 0 Å². The fraction of sp³-hybridized carbons (Fsp3) is 0.235. The van der Waals surface area contributed by atoms with E-state index in [1.807, 2.05) is 36.6 Å². The highest BCUT2D eigenvalue weighted by Crippen LogP contribution is 2.27. The molecule has 0 radical (unpaired) electrons. The van der Waals surface area contributed by atoms with Crippen LogP contribution < -0.4 is 5.32 Å². The van der Waals surface area contributed by atoms with Crippen molar-refractivity contribution in [1.82, 2.24) is 0 Å². The van der Waals surface area contributed by atoms with Gasteiger partial charge < -0.3 is 10.4 Å². The predicted molar refractivity (Wildman–Crippen MR) is 88.3 cm³/mol. The van der Waals surface area contributed by atoms with E-state index in [-0.39, 0.29) is 0 Å². The van der Waals surface area contributed by atoms with Gasteiger partial charge in [-0.3, -0.25) is 0 Å². The Morgan fingerprint density at radius 3 is 2.48 bits per heavy atom. The van der Waals surface area contributed by atoms with E-state index in [1.54, 1.807) is 0 Å². The molecule has 2 aromatic carbocycles. The van der Waals surface area contributed by atoms with Crippen LogP contribution in [0.3, 0.4) is 0 Å². The van der Waals surface area contributed by atoms with E-state index in [9.17, 15) is 9.90 Å². The first-order chi connectivity index (χ1) is 10.2. The Bertz CT molecular complexity index is 640. The van der Waals surface area contributed by atoms with Crippen LogP contribution in [-0.4, -0.2) is 17.3 Å². The lowest BCUT2D eigenvalue weighted by Crippen LogP contribution is -2.08. The number of rotatable bonds is 6. The molecule has 2 rings (SSSR count). The molecular weight excluding hydrogens is 282 g/mol. The van der Waals surface area contributed by atoms with Crippen LogP contribution in [-0.2, 0) is 13.0 Å². The molecule has 0 aliphatic rings. The van der Waals surface area contributed by atoms with Crippen molar-refractivity contribution in [3.8, 4) is 0 Å². The maximum atomic E-state index is 11.5. The molecule has 0 saturated heterocycles. The lowest BCUT2D eigenvalue weighted by molar-refractivity contribution is 0.0694. The maximum absolute atomic E-state index is 11.5. The number of hydrogen-bond acceptors (Lipinski definition) is 3. The minimum Gasteiger partial charge on any atom is -0.478 e. The number of benzene rings is 2. The zero-order chi connectivity index (χ0) is 15.2. The molecule has 2 aromatic rings. The molecule has 3 nitrogen and oxygen atoms in total. The lowest BCUT2D eigenvalue weighted by Gasteiger charge is -2.14. The number of thioether (sulfide) groups is 1. The van der Waals surface area contributed by atoms with Gasteiger partial charge in [0.2, 0.25) is 0 Å². The van der Waals surface area contributed by atoms with E-state index >= 15 is 0 Å². The summed E-state index contributed by atoms with van der Waals surface area (Å²) in [6.45, 7) is 2.75. The molecule has 0 saturated carbocycles. The molecule has 4 heteroatoms. The zero-order valence-electron chi connectivity index (χ0n) is 12.2. The summed E-state index contributed by atoms with van der Waals surface area (Å²) in [6, 6.07) is 13.7. The highest BCUT2D eigenvalue weighted by atomic mass is 32.2. The van der Waals surface area contributed by atoms with Crippen molar-refractivity contribution >= 4 is 23.4 Å². The van der Waals surface area contributed by atoms with Gasteiger partial charge in [-0.1, -0.05) is 37.3 Å². The van der Waals surface area contributed by atoms with Crippen molar-refractivity contribution in [3.05, 3.63) is 59.2 Å². The Labute approximate surface area is 129 Å². The normalized spacial score (nSPS) is 10.4. The smallest absolute Gasteiger partial charge is 0.338 e. The second-order valence-electron chi connectivity index (χ2n) is 4.66. The van der Waals surface area contributed by atoms with Crippen LogP contribution in [0.15, 0.2) is 47.4 Å². The summed E-state index contributed by atoms with van der Waals surface area (Å²) < 4.78 is 0. The number of anilines is 1. The van der Waals surface area contributed by atoms with Gasteiger partial charge in [0.25, 0.3) is 0 Å². The fourth-order valence-electron chi connectivity index (χ4n) is 2.33. The SMILES string of the molecule is CCc1ccccc1CNc1cccc(SC)c1C(=O)O. The molecule has 0 atom stereocenters. The van der Waals surface area contributed by atoms with Crippen molar-refractivity contribution in [2.24, 2.45) is 0 Å². The van der Waals surface area contributed by atoms with Gasteiger partial charge in [-0.2, -0.15) is 0 Å². The van der Waals surface area contributed by atoms with Gasteiger partial charge in [0.05, 0.1) is 11.3 Å². The Balaban J connectivity index is 2.26. The molecule has 0 heterocycles. The van der Waals surface area contributed by atoms with Gasteiger partial charge in [-0.25, -0.2) is 4.79 Å². The standard InChI is InChI=1S/C17H19NO2S/c1-3-12-7-4-5-8-13(12)11-18-14-9-6-10-15(21-2)16(14)17(19)20/h4-10,18H,3,11H2,1-2H3,(H,19,20). The number of carboxylic acid groups (broad SMARTS) is 1. The van der Waals surface area contributed by atoms with Gasteiger partial charge in [-0.05, 0) is 35.9 Å². The van der Waals surface area contributed by atoms with Crippen LogP contribution in [0, 0.1) is 0 Å². The second-order valence-corrected chi connectivity index (χ2v) is 5.51. The molecule has 0 aliphatic heterocycles. The minimum absolute atomic E-state index is 0.346. The van der Waals surface area contributed by atoms with Gasteiger partial charge in [0.1, 0.15) is 0 Å². The van der Waals surface area contributed by atoms with Crippen LogP contribution in [0.2, 0.25) is 0 Å². The van der Waals surface area contributed by atoms with E-state index in [1.165, 1.54) is 22.9 Å². The van der Waals surface area contributed by atoms with Crippen molar-refractivity contribution < 1.29 is 9.90 Å². The minimum atomic E-state index is -0.897. The highest BCUT2D eigenvalue weighted by Gasteiger charge is 2.14. The molecule has 21 heavy (non-hydrogen) atoms.